The number of nitrogens with zero attached hydrogens (tertiary/aromatic N) is 2. The molecule has 0 bridgehead atoms. The van der Waals surface area contributed by atoms with Crippen LogP contribution in [0.4, 0.5) is 29.2 Å². The van der Waals surface area contributed by atoms with Gasteiger partial charge < -0.3 is 10.6 Å². The van der Waals surface area contributed by atoms with Gasteiger partial charge in [0.2, 0.25) is 0 Å². The van der Waals surface area contributed by atoms with Gasteiger partial charge in [0.15, 0.2) is 0 Å². The van der Waals surface area contributed by atoms with Crippen molar-refractivity contribution in [1.29, 1.82) is 0 Å². The molecule has 4 nitrogen and oxygen atoms in total. The molecule has 114 valence electrons. The summed E-state index contributed by atoms with van der Waals surface area (Å²) in [6, 6.07) is 1.43. The SMILES string of the molecule is CCCNc1cc(NCC(F)(F)C(F)F)nc(CC)n1. The maximum atomic E-state index is 12.8. The molecule has 2 N–H and O–H groups in total. The molecule has 0 aliphatic heterocycles. The Morgan fingerprint density at radius 2 is 1.75 bits per heavy atom. The van der Waals surface area contributed by atoms with E-state index in [1.54, 1.807) is 0 Å². The second-order valence-electron chi connectivity index (χ2n) is 4.25. The van der Waals surface area contributed by atoms with Crippen LogP contribution >= 0.6 is 0 Å². The molecule has 0 saturated heterocycles. The van der Waals surface area contributed by atoms with E-state index in [2.05, 4.69) is 20.6 Å². The molecule has 0 radical (unpaired) electrons. The van der Waals surface area contributed by atoms with E-state index in [1.165, 1.54) is 6.07 Å². The zero-order valence-electron chi connectivity index (χ0n) is 11.4. The number of aromatic nitrogens is 2. The summed E-state index contributed by atoms with van der Waals surface area (Å²) < 4.78 is 49.8. The van der Waals surface area contributed by atoms with Gasteiger partial charge in [0, 0.05) is 19.0 Å². The molecule has 0 atom stereocenters. The summed E-state index contributed by atoms with van der Waals surface area (Å²) in [5.74, 6) is -3.04. The molecule has 0 aliphatic carbocycles. The fraction of sp³-hybridized carbons (Fsp3) is 0.667. The van der Waals surface area contributed by atoms with Crippen LogP contribution in [-0.2, 0) is 6.42 Å². The molecular weight excluding hydrogens is 276 g/mol. The molecule has 0 amide bonds. The first kappa shape index (κ1) is 16.5. The van der Waals surface area contributed by atoms with Gasteiger partial charge in [-0.2, -0.15) is 8.78 Å². The van der Waals surface area contributed by atoms with Gasteiger partial charge in [0.25, 0.3) is 0 Å². The predicted molar refractivity (Wildman–Crippen MR) is 69.6 cm³/mol. The average molecular weight is 294 g/mol. The molecular formula is C12H18F4N4. The van der Waals surface area contributed by atoms with Crippen LogP contribution in [0.5, 0.6) is 0 Å². The Labute approximate surface area is 115 Å². The molecule has 0 unspecified atom stereocenters. The highest BCUT2D eigenvalue weighted by atomic mass is 19.3. The zero-order valence-corrected chi connectivity index (χ0v) is 11.4. The van der Waals surface area contributed by atoms with Gasteiger partial charge >= 0.3 is 12.3 Å². The molecule has 0 saturated carbocycles. The largest absolute Gasteiger partial charge is 0.370 e. The molecule has 1 aromatic rings. The van der Waals surface area contributed by atoms with Gasteiger partial charge in [-0.25, -0.2) is 18.7 Å². The van der Waals surface area contributed by atoms with Crippen LogP contribution in [0.2, 0.25) is 0 Å². The fourth-order valence-corrected chi connectivity index (χ4v) is 1.37. The van der Waals surface area contributed by atoms with E-state index >= 15 is 0 Å². The van der Waals surface area contributed by atoms with Gasteiger partial charge in [0.1, 0.15) is 17.5 Å². The summed E-state index contributed by atoms with van der Waals surface area (Å²) in [4.78, 5) is 8.15. The van der Waals surface area contributed by atoms with Crippen LogP contribution in [0.1, 0.15) is 26.1 Å². The number of rotatable bonds is 8. The third-order valence-electron chi connectivity index (χ3n) is 2.47. The van der Waals surface area contributed by atoms with E-state index < -0.39 is 18.9 Å². The zero-order chi connectivity index (χ0) is 15.2. The maximum Gasteiger partial charge on any atom is 0.324 e. The van der Waals surface area contributed by atoms with E-state index in [0.29, 0.717) is 24.6 Å². The van der Waals surface area contributed by atoms with Crippen LogP contribution in [0, 0.1) is 0 Å². The summed E-state index contributed by atoms with van der Waals surface area (Å²) in [5, 5.41) is 5.24. The Kier molecular flexibility index (Phi) is 5.97. The molecule has 0 aromatic carbocycles. The molecule has 0 aliphatic rings. The minimum Gasteiger partial charge on any atom is -0.370 e. The van der Waals surface area contributed by atoms with Crippen molar-refractivity contribution in [3.63, 3.8) is 0 Å². The first-order chi connectivity index (χ1) is 9.39. The second kappa shape index (κ2) is 7.25. The van der Waals surface area contributed by atoms with Gasteiger partial charge in [-0.1, -0.05) is 13.8 Å². The van der Waals surface area contributed by atoms with E-state index in [4.69, 9.17) is 0 Å². The predicted octanol–water partition coefficient (Wildman–Crippen LogP) is 3.17. The van der Waals surface area contributed by atoms with Crippen LogP contribution < -0.4 is 10.6 Å². The number of alkyl halides is 4. The van der Waals surface area contributed by atoms with Crippen LogP contribution in [0.3, 0.4) is 0 Å². The highest BCUT2D eigenvalue weighted by Gasteiger charge is 2.40. The monoisotopic (exact) mass is 294 g/mol. The lowest BCUT2D eigenvalue weighted by Crippen LogP contribution is -2.35. The van der Waals surface area contributed by atoms with E-state index in [-0.39, 0.29) is 5.82 Å². The normalized spacial score (nSPS) is 11.8. The van der Waals surface area contributed by atoms with Crippen molar-refractivity contribution in [2.75, 3.05) is 23.7 Å². The third kappa shape index (κ3) is 4.82. The number of anilines is 2. The van der Waals surface area contributed by atoms with Crippen molar-refractivity contribution >= 4 is 11.6 Å². The van der Waals surface area contributed by atoms with E-state index in [9.17, 15) is 17.6 Å². The Morgan fingerprint density at radius 3 is 2.25 bits per heavy atom. The number of hydrogen-bond acceptors (Lipinski definition) is 4. The lowest BCUT2D eigenvalue weighted by molar-refractivity contribution is -0.117. The van der Waals surface area contributed by atoms with Gasteiger partial charge in [-0.05, 0) is 6.42 Å². The Hall–Kier alpha value is -1.60. The molecule has 1 heterocycles. The van der Waals surface area contributed by atoms with Crippen molar-refractivity contribution in [3.8, 4) is 0 Å². The lowest BCUT2D eigenvalue weighted by Gasteiger charge is -2.17. The standard InChI is InChI=1S/C12H18F4N4/c1-3-5-17-9-6-10(20-8(4-2)19-9)18-7-12(15,16)11(13)14/h6,11H,3-5,7H2,1-2H3,(H2,17,18,19,20). The summed E-state index contributed by atoms with van der Waals surface area (Å²) >= 11 is 0. The Bertz CT molecular complexity index is 426. The first-order valence-corrected chi connectivity index (χ1v) is 6.40. The summed E-state index contributed by atoms with van der Waals surface area (Å²) in [6.07, 6.45) is -2.32. The fourth-order valence-electron chi connectivity index (χ4n) is 1.37. The molecule has 0 spiro atoms. The first-order valence-electron chi connectivity index (χ1n) is 6.40. The van der Waals surface area contributed by atoms with Crippen molar-refractivity contribution < 1.29 is 17.6 Å². The Balaban J connectivity index is 2.78. The molecule has 1 rings (SSSR count). The van der Waals surface area contributed by atoms with Crippen LogP contribution in [-0.4, -0.2) is 35.4 Å². The molecule has 0 fully saturated rings. The summed E-state index contributed by atoms with van der Waals surface area (Å²) in [7, 11) is 0. The summed E-state index contributed by atoms with van der Waals surface area (Å²) in [6.45, 7) is 3.29. The minimum absolute atomic E-state index is 0.107. The molecule has 8 heteroatoms. The van der Waals surface area contributed by atoms with Crippen molar-refractivity contribution in [2.24, 2.45) is 0 Å². The van der Waals surface area contributed by atoms with Crippen molar-refractivity contribution in [3.05, 3.63) is 11.9 Å². The van der Waals surface area contributed by atoms with Crippen molar-refractivity contribution in [1.82, 2.24) is 9.97 Å². The van der Waals surface area contributed by atoms with Gasteiger partial charge in [-0.15, -0.1) is 0 Å². The van der Waals surface area contributed by atoms with Crippen LogP contribution in [0.25, 0.3) is 0 Å². The van der Waals surface area contributed by atoms with Gasteiger partial charge in [-0.3, -0.25) is 0 Å². The number of aryl methyl sites for hydroxylation is 1. The third-order valence-corrected chi connectivity index (χ3v) is 2.47. The topological polar surface area (TPSA) is 49.8 Å². The van der Waals surface area contributed by atoms with Crippen LogP contribution in [0.15, 0.2) is 6.07 Å². The highest BCUT2D eigenvalue weighted by molar-refractivity contribution is 5.47. The Morgan fingerprint density at radius 1 is 1.15 bits per heavy atom. The van der Waals surface area contributed by atoms with E-state index in [1.807, 2.05) is 13.8 Å². The molecule has 20 heavy (non-hydrogen) atoms. The average Bonchev–Trinajstić information content (AvgIpc) is 2.42. The highest BCUT2D eigenvalue weighted by Crippen LogP contribution is 2.23. The second-order valence-corrected chi connectivity index (χ2v) is 4.25. The lowest BCUT2D eigenvalue weighted by atomic mass is 10.3. The van der Waals surface area contributed by atoms with Crippen molar-refractivity contribution in [2.45, 2.75) is 39.0 Å². The quantitative estimate of drug-likeness (QED) is 0.723. The number of nitrogens with one attached hydrogen (secondary N) is 2. The van der Waals surface area contributed by atoms with E-state index in [0.717, 1.165) is 6.42 Å². The number of halogens is 4. The summed E-state index contributed by atoms with van der Waals surface area (Å²) in [5.41, 5.74) is 0. The van der Waals surface area contributed by atoms with Gasteiger partial charge in [0.05, 0.1) is 6.54 Å². The maximum absolute atomic E-state index is 12.8. The number of hydrogen-bond donors (Lipinski definition) is 2. The molecule has 1 aromatic heterocycles. The smallest absolute Gasteiger partial charge is 0.324 e. The minimum atomic E-state index is -4.09.